The van der Waals surface area contributed by atoms with Crippen molar-refractivity contribution in [3.8, 4) is 11.5 Å². The number of nitrogens with two attached hydrogens (primary N) is 1. The number of hydrogen-bond donors (Lipinski definition) is 1. The van der Waals surface area contributed by atoms with Crippen molar-refractivity contribution in [3.63, 3.8) is 0 Å². The maximum absolute atomic E-state index is 13.1. The molecule has 2 aromatic rings. The highest BCUT2D eigenvalue weighted by atomic mass is 35.5. The predicted octanol–water partition coefficient (Wildman–Crippen LogP) is 3.64. The molecule has 6 heteroatoms. The van der Waals surface area contributed by atoms with E-state index < -0.39 is 11.8 Å². The molecule has 0 aliphatic carbocycles. The molecule has 0 atom stereocenters. The number of hydrogen-bond acceptors (Lipinski definition) is 4. The van der Waals surface area contributed by atoms with Gasteiger partial charge in [0.2, 0.25) is 0 Å². The second kappa shape index (κ2) is 5.79. The summed E-state index contributed by atoms with van der Waals surface area (Å²) in [5.41, 5.74) is 6.22. The smallest absolute Gasteiger partial charge is 0.341 e. The van der Waals surface area contributed by atoms with E-state index in [1.165, 1.54) is 25.3 Å². The molecule has 0 aromatic heterocycles. The fourth-order valence-electron chi connectivity index (χ4n) is 1.60. The number of anilines is 1. The number of methoxy groups -OCH3 is 1. The van der Waals surface area contributed by atoms with Gasteiger partial charge in [0.15, 0.2) is 5.75 Å². The predicted molar refractivity (Wildman–Crippen MR) is 73.7 cm³/mol. The van der Waals surface area contributed by atoms with E-state index in [2.05, 4.69) is 4.74 Å². The summed E-state index contributed by atoms with van der Waals surface area (Å²) >= 11 is 5.67. The van der Waals surface area contributed by atoms with Crippen molar-refractivity contribution in [2.24, 2.45) is 0 Å². The Hall–Kier alpha value is -2.27. The molecule has 0 fully saturated rings. The van der Waals surface area contributed by atoms with Crippen LogP contribution in [-0.4, -0.2) is 13.1 Å². The largest absolute Gasteiger partial charge is 0.465 e. The fourth-order valence-corrected chi connectivity index (χ4v) is 1.77. The van der Waals surface area contributed by atoms with E-state index in [-0.39, 0.29) is 27.8 Å². The first-order valence-corrected chi connectivity index (χ1v) is 6.00. The Morgan fingerprint density at radius 3 is 2.70 bits per heavy atom. The molecule has 2 N–H and O–H groups in total. The Morgan fingerprint density at radius 2 is 2.05 bits per heavy atom. The molecule has 0 amide bonds. The molecule has 104 valence electrons. The Kier molecular flexibility index (Phi) is 4.10. The van der Waals surface area contributed by atoms with Gasteiger partial charge in [0.05, 0.1) is 17.8 Å². The van der Waals surface area contributed by atoms with Gasteiger partial charge < -0.3 is 15.2 Å². The summed E-state index contributed by atoms with van der Waals surface area (Å²) in [4.78, 5) is 11.7. The van der Waals surface area contributed by atoms with Crippen molar-refractivity contribution in [1.29, 1.82) is 0 Å². The van der Waals surface area contributed by atoms with Crippen molar-refractivity contribution < 1.29 is 18.7 Å². The van der Waals surface area contributed by atoms with Gasteiger partial charge in [-0.15, -0.1) is 0 Å². The van der Waals surface area contributed by atoms with E-state index in [1.807, 2.05) is 0 Å². The lowest BCUT2D eigenvalue weighted by atomic mass is 10.1. The van der Waals surface area contributed by atoms with Crippen LogP contribution in [0, 0.1) is 5.82 Å². The van der Waals surface area contributed by atoms with Crippen LogP contribution < -0.4 is 10.5 Å². The summed E-state index contributed by atoms with van der Waals surface area (Å²) in [5, 5.41) is -0.0865. The first-order valence-electron chi connectivity index (χ1n) is 5.62. The number of para-hydroxylation sites is 1. The summed E-state index contributed by atoms with van der Waals surface area (Å²) in [6, 6.07) is 8.54. The van der Waals surface area contributed by atoms with Crippen molar-refractivity contribution in [2.75, 3.05) is 12.8 Å². The van der Waals surface area contributed by atoms with Crippen LogP contribution in [0.3, 0.4) is 0 Å². The van der Waals surface area contributed by atoms with E-state index in [9.17, 15) is 9.18 Å². The maximum Gasteiger partial charge on any atom is 0.341 e. The van der Waals surface area contributed by atoms with E-state index in [1.54, 1.807) is 12.1 Å². The highest BCUT2D eigenvalue weighted by Crippen LogP contribution is 2.33. The number of halogens is 2. The van der Waals surface area contributed by atoms with E-state index >= 15 is 0 Å². The van der Waals surface area contributed by atoms with E-state index in [0.29, 0.717) is 0 Å². The summed E-state index contributed by atoms with van der Waals surface area (Å²) in [6.07, 6.45) is 0. The molecular weight excluding hydrogens is 285 g/mol. The maximum atomic E-state index is 13.1. The van der Waals surface area contributed by atoms with Crippen LogP contribution in [0.1, 0.15) is 10.4 Å². The molecule has 0 aliphatic rings. The molecule has 2 rings (SSSR count). The number of rotatable bonds is 3. The number of carbonyl (C=O) groups is 1. The molecule has 2 aromatic carbocycles. The van der Waals surface area contributed by atoms with Crippen LogP contribution in [0.5, 0.6) is 11.5 Å². The van der Waals surface area contributed by atoms with Gasteiger partial charge in [-0.05, 0) is 24.3 Å². The second-order valence-corrected chi connectivity index (χ2v) is 4.30. The zero-order chi connectivity index (χ0) is 14.7. The highest BCUT2D eigenvalue weighted by Gasteiger charge is 2.16. The molecule has 0 unspecified atom stereocenters. The highest BCUT2D eigenvalue weighted by molar-refractivity contribution is 6.30. The zero-order valence-electron chi connectivity index (χ0n) is 10.5. The monoisotopic (exact) mass is 295 g/mol. The van der Waals surface area contributed by atoms with E-state index in [0.717, 1.165) is 6.07 Å². The number of nitrogen functional groups attached to an aromatic ring is 1. The lowest BCUT2D eigenvalue weighted by molar-refractivity contribution is 0.0598. The summed E-state index contributed by atoms with van der Waals surface area (Å²) in [6.45, 7) is 0. The minimum absolute atomic E-state index is 0.0865. The van der Waals surface area contributed by atoms with Crippen molar-refractivity contribution in [1.82, 2.24) is 0 Å². The van der Waals surface area contributed by atoms with Crippen LogP contribution in [0.25, 0.3) is 0 Å². The van der Waals surface area contributed by atoms with Crippen LogP contribution in [0.15, 0.2) is 36.4 Å². The van der Waals surface area contributed by atoms with Crippen molar-refractivity contribution in [3.05, 3.63) is 52.8 Å². The Morgan fingerprint density at radius 1 is 1.30 bits per heavy atom. The van der Waals surface area contributed by atoms with Crippen LogP contribution in [0.2, 0.25) is 5.02 Å². The summed E-state index contributed by atoms with van der Waals surface area (Å²) < 4.78 is 23.3. The minimum Gasteiger partial charge on any atom is -0.465 e. The van der Waals surface area contributed by atoms with Gasteiger partial charge in [0, 0.05) is 6.07 Å². The fraction of sp³-hybridized carbons (Fsp3) is 0.0714. The van der Waals surface area contributed by atoms with Gasteiger partial charge in [0.1, 0.15) is 17.1 Å². The number of esters is 1. The van der Waals surface area contributed by atoms with Gasteiger partial charge in [-0.2, -0.15) is 0 Å². The summed E-state index contributed by atoms with van der Waals surface area (Å²) in [7, 11) is 1.25. The molecular formula is C14H11ClFNO3. The molecule has 0 saturated carbocycles. The average Bonchev–Trinajstić information content (AvgIpc) is 2.44. The summed E-state index contributed by atoms with van der Waals surface area (Å²) in [5.74, 6) is -0.741. The van der Waals surface area contributed by atoms with Crippen molar-refractivity contribution >= 4 is 23.3 Å². The third-order valence-electron chi connectivity index (χ3n) is 2.56. The SMILES string of the molecule is COC(=O)c1cccc(N)c1Oc1ccc(F)c(Cl)c1. The first kappa shape index (κ1) is 14.1. The number of ether oxygens (including phenoxy) is 2. The van der Waals surface area contributed by atoms with Gasteiger partial charge >= 0.3 is 5.97 Å². The third-order valence-corrected chi connectivity index (χ3v) is 2.85. The second-order valence-electron chi connectivity index (χ2n) is 3.89. The first-order chi connectivity index (χ1) is 9.52. The molecule has 0 bridgehead atoms. The Balaban J connectivity index is 2.42. The molecule has 0 aliphatic heterocycles. The normalized spacial score (nSPS) is 10.2. The number of carbonyl (C=O) groups excluding carboxylic acids is 1. The van der Waals surface area contributed by atoms with E-state index in [4.69, 9.17) is 22.1 Å². The topological polar surface area (TPSA) is 61.5 Å². The van der Waals surface area contributed by atoms with Gasteiger partial charge in [-0.3, -0.25) is 0 Å². The third kappa shape index (κ3) is 2.83. The molecule has 0 radical (unpaired) electrons. The van der Waals surface area contributed by atoms with Gasteiger partial charge in [-0.1, -0.05) is 17.7 Å². The minimum atomic E-state index is -0.583. The molecule has 0 heterocycles. The van der Waals surface area contributed by atoms with Gasteiger partial charge in [-0.25, -0.2) is 9.18 Å². The van der Waals surface area contributed by atoms with Crippen LogP contribution in [0.4, 0.5) is 10.1 Å². The molecule has 20 heavy (non-hydrogen) atoms. The van der Waals surface area contributed by atoms with Crippen molar-refractivity contribution in [2.45, 2.75) is 0 Å². The van der Waals surface area contributed by atoms with Gasteiger partial charge in [0.25, 0.3) is 0 Å². The molecule has 0 spiro atoms. The number of benzene rings is 2. The quantitative estimate of drug-likeness (QED) is 0.693. The van der Waals surface area contributed by atoms with Crippen LogP contribution >= 0.6 is 11.6 Å². The molecule has 0 saturated heterocycles. The van der Waals surface area contributed by atoms with Crippen LogP contribution in [-0.2, 0) is 4.74 Å². The Labute approximate surface area is 119 Å². The Bertz CT molecular complexity index is 661. The lowest BCUT2D eigenvalue weighted by Gasteiger charge is -2.12. The lowest BCUT2D eigenvalue weighted by Crippen LogP contribution is -2.05. The standard InChI is InChI=1S/C14H11ClFNO3/c1-19-14(18)9-3-2-4-12(17)13(9)20-8-5-6-11(16)10(15)7-8/h2-7H,17H2,1H3. The average molecular weight is 296 g/mol. The molecule has 4 nitrogen and oxygen atoms in total. The zero-order valence-corrected chi connectivity index (χ0v) is 11.3.